The van der Waals surface area contributed by atoms with E-state index in [1.165, 1.54) is 5.56 Å². The third kappa shape index (κ3) is 5.96. The lowest BCUT2D eigenvalue weighted by atomic mass is 9.86. The van der Waals surface area contributed by atoms with Gasteiger partial charge in [0.25, 0.3) is 5.91 Å². The minimum atomic E-state index is -0.887. The first-order chi connectivity index (χ1) is 19.5. The average Bonchev–Trinajstić information content (AvgIpc) is 3.43. The molecule has 1 atom stereocenters. The van der Waals surface area contributed by atoms with Crippen molar-refractivity contribution >= 4 is 34.7 Å². The SMILES string of the molecule is Cc1ccc(-c2cn3ccnc3c(Nc3cccc(C(C)C(=O)O)c3)n2)cc1NC(=O)c1ccc(C(C)(C)C)cc1. The van der Waals surface area contributed by atoms with Crippen LogP contribution in [0.4, 0.5) is 17.2 Å². The maximum atomic E-state index is 13.1. The molecule has 8 nitrogen and oxygen atoms in total. The summed E-state index contributed by atoms with van der Waals surface area (Å²) >= 11 is 0. The van der Waals surface area contributed by atoms with Gasteiger partial charge in [0, 0.05) is 41.1 Å². The van der Waals surface area contributed by atoms with E-state index in [9.17, 15) is 14.7 Å². The maximum absolute atomic E-state index is 13.1. The Morgan fingerprint density at radius 2 is 1.76 bits per heavy atom. The van der Waals surface area contributed by atoms with E-state index in [1.807, 2.05) is 78.3 Å². The Labute approximate surface area is 239 Å². The smallest absolute Gasteiger partial charge is 0.310 e. The number of fused-ring (bicyclic) bond motifs is 1. The molecule has 5 rings (SSSR count). The van der Waals surface area contributed by atoms with Crippen LogP contribution in [0, 0.1) is 6.92 Å². The number of carbonyl (C=O) groups is 2. The van der Waals surface area contributed by atoms with Gasteiger partial charge < -0.3 is 20.1 Å². The number of hydrogen-bond donors (Lipinski definition) is 3. The van der Waals surface area contributed by atoms with Gasteiger partial charge in [0.2, 0.25) is 0 Å². The highest BCUT2D eigenvalue weighted by Gasteiger charge is 2.17. The van der Waals surface area contributed by atoms with Gasteiger partial charge in [-0.3, -0.25) is 9.59 Å². The van der Waals surface area contributed by atoms with Crippen LogP contribution in [0.5, 0.6) is 0 Å². The van der Waals surface area contributed by atoms with Crippen LogP contribution < -0.4 is 10.6 Å². The van der Waals surface area contributed by atoms with Gasteiger partial charge in [-0.15, -0.1) is 0 Å². The predicted molar refractivity (Wildman–Crippen MR) is 162 cm³/mol. The Balaban J connectivity index is 1.44. The standard InChI is InChI=1S/C33H33N5O3/c1-20-9-10-24(18-27(20)37-31(39)22-11-13-25(14-12-22)33(3,4)5)28-19-38-16-15-34-30(38)29(36-28)35-26-8-6-7-23(17-26)21(2)32(40)41/h6-19,21H,1-5H3,(H,35,36)(H,37,39)(H,40,41). The van der Waals surface area contributed by atoms with Crippen molar-refractivity contribution in [1.29, 1.82) is 0 Å². The van der Waals surface area contributed by atoms with Gasteiger partial charge in [0.05, 0.1) is 11.6 Å². The first kappa shape index (κ1) is 27.6. The van der Waals surface area contributed by atoms with Gasteiger partial charge in [-0.25, -0.2) is 9.97 Å². The number of carbonyl (C=O) groups excluding carboxylic acids is 1. The molecule has 0 radical (unpaired) electrons. The Morgan fingerprint density at radius 1 is 1.00 bits per heavy atom. The molecule has 2 heterocycles. The number of aryl methyl sites for hydroxylation is 1. The molecule has 0 saturated heterocycles. The van der Waals surface area contributed by atoms with Crippen molar-refractivity contribution in [2.45, 2.75) is 46.0 Å². The van der Waals surface area contributed by atoms with E-state index in [2.05, 4.69) is 36.4 Å². The van der Waals surface area contributed by atoms with Gasteiger partial charge in [0.1, 0.15) is 0 Å². The third-order valence-corrected chi connectivity index (χ3v) is 7.19. The number of nitrogens with one attached hydrogen (secondary N) is 2. The summed E-state index contributed by atoms with van der Waals surface area (Å²) in [5, 5.41) is 15.8. The largest absolute Gasteiger partial charge is 0.481 e. The molecular formula is C33H33N5O3. The fourth-order valence-electron chi connectivity index (χ4n) is 4.55. The van der Waals surface area contributed by atoms with Crippen molar-refractivity contribution in [1.82, 2.24) is 14.4 Å². The lowest BCUT2D eigenvalue weighted by Gasteiger charge is -2.19. The first-order valence-electron chi connectivity index (χ1n) is 13.5. The van der Waals surface area contributed by atoms with E-state index in [0.29, 0.717) is 39.7 Å². The van der Waals surface area contributed by atoms with Crippen molar-refractivity contribution < 1.29 is 14.7 Å². The molecule has 208 valence electrons. The van der Waals surface area contributed by atoms with Crippen LogP contribution in [-0.4, -0.2) is 31.4 Å². The number of imidazole rings is 1. The summed E-state index contributed by atoms with van der Waals surface area (Å²) in [5.41, 5.74) is 6.92. The van der Waals surface area contributed by atoms with Crippen LogP contribution in [0.3, 0.4) is 0 Å². The third-order valence-electron chi connectivity index (χ3n) is 7.19. The summed E-state index contributed by atoms with van der Waals surface area (Å²) < 4.78 is 1.88. The number of rotatable bonds is 7. The minimum absolute atomic E-state index is 0.0106. The van der Waals surface area contributed by atoms with Gasteiger partial charge in [-0.2, -0.15) is 0 Å². The van der Waals surface area contributed by atoms with E-state index in [4.69, 9.17) is 4.98 Å². The molecule has 0 aliphatic carbocycles. The molecule has 8 heteroatoms. The lowest BCUT2D eigenvalue weighted by molar-refractivity contribution is -0.138. The first-order valence-corrected chi connectivity index (χ1v) is 13.5. The Kier molecular flexibility index (Phi) is 7.32. The minimum Gasteiger partial charge on any atom is -0.481 e. The van der Waals surface area contributed by atoms with Gasteiger partial charge in [0.15, 0.2) is 11.5 Å². The van der Waals surface area contributed by atoms with E-state index in [0.717, 1.165) is 11.1 Å². The second-order valence-corrected chi connectivity index (χ2v) is 11.3. The number of hydrogen-bond acceptors (Lipinski definition) is 5. The molecule has 0 aliphatic heterocycles. The molecule has 3 aromatic carbocycles. The summed E-state index contributed by atoms with van der Waals surface area (Å²) in [5.74, 6) is -1.18. The number of aliphatic carboxylic acids is 1. The fourth-order valence-corrected chi connectivity index (χ4v) is 4.55. The zero-order chi connectivity index (χ0) is 29.3. The summed E-state index contributed by atoms with van der Waals surface area (Å²) in [6, 6.07) is 20.8. The highest BCUT2D eigenvalue weighted by molar-refractivity contribution is 6.05. The van der Waals surface area contributed by atoms with Crippen molar-refractivity contribution in [2.75, 3.05) is 10.6 Å². The molecule has 2 aromatic heterocycles. The second kappa shape index (κ2) is 10.9. The normalized spacial score (nSPS) is 12.2. The molecule has 1 unspecified atom stereocenters. The number of amides is 1. The predicted octanol–water partition coefficient (Wildman–Crippen LogP) is 7.19. The Bertz CT molecular complexity index is 1750. The van der Waals surface area contributed by atoms with E-state index in [1.54, 1.807) is 25.3 Å². The molecule has 0 fully saturated rings. The van der Waals surface area contributed by atoms with Gasteiger partial charge in [-0.05, 0) is 66.3 Å². The zero-order valence-electron chi connectivity index (χ0n) is 23.8. The molecule has 0 spiro atoms. The fraction of sp³-hybridized carbons (Fsp3) is 0.212. The topological polar surface area (TPSA) is 109 Å². The molecule has 0 bridgehead atoms. The molecule has 0 aliphatic rings. The summed E-state index contributed by atoms with van der Waals surface area (Å²) in [4.78, 5) is 33.9. The van der Waals surface area contributed by atoms with E-state index >= 15 is 0 Å². The summed E-state index contributed by atoms with van der Waals surface area (Å²) in [7, 11) is 0. The monoisotopic (exact) mass is 547 g/mol. The quantitative estimate of drug-likeness (QED) is 0.199. The maximum Gasteiger partial charge on any atom is 0.310 e. The highest BCUT2D eigenvalue weighted by Crippen LogP contribution is 2.29. The van der Waals surface area contributed by atoms with Gasteiger partial charge in [-0.1, -0.05) is 57.2 Å². The molecule has 41 heavy (non-hydrogen) atoms. The van der Waals surface area contributed by atoms with E-state index in [-0.39, 0.29) is 11.3 Å². The highest BCUT2D eigenvalue weighted by atomic mass is 16.4. The van der Waals surface area contributed by atoms with Crippen LogP contribution in [0.25, 0.3) is 16.9 Å². The Morgan fingerprint density at radius 3 is 2.46 bits per heavy atom. The van der Waals surface area contributed by atoms with E-state index < -0.39 is 11.9 Å². The van der Waals surface area contributed by atoms with Crippen LogP contribution >= 0.6 is 0 Å². The zero-order valence-corrected chi connectivity index (χ0v) is 23.8. The van der Waals surface area contributed by atoms with Crippen LogP contribution in [0.1, 0.15) is 60.7 Å². The summed E-state index contributed by atoms with van der Waals surface area (Å²) in [6.07, 6.45) is 5.42. The number of nitrogens with zero attached hydrogens (tertiary/aromatic N) is 3. The number of carboxylic acid groups (broad SMARTS) is 1. The van der Waals surface area contributed by atoms with Crippen molar-refractivity contribution in [2.24, 2.45) is 0 Å². The molecule has 1 amide bonds. The average molecular weight is 548 g/mol. The van der Waals surface area contributed by atoms with Crippen LogP contribution in [0.15, 0.2) is 85.3 Å². The van der Waals surface area contributed by atoms with Gasteiger partial charge >= 0.3 is 5.97 Å². The van der Waals surface area contributed by atoms with Crippen molar-refractivity contribution in [3.05, 3.63) is 108 Å². The lowest BCUT2D eigenvalue weighted by Crippen LogP contribution is -2.15. The number of benzene rings is 3. The molecular weight excluding hydrogens is 514 g/mol. The number of aromatic nitrogens is 3. The Hall–Kier alpha value is -4.98. The molecule has 5 aromatic rings. The van der Waals surface area contributed by atoms with Crippen LogP contribution in [-0.2, 0) is 10.2 Å². The number of anilines is 3. The molecule has 0 saturated carbocycles. The molecule has 3 N–H and O–H groups in total. The van der Waals surface area contributed by atoms with Crippen molar-refractivity contribution in [3.63, 3.8) is 0 Å². The van der Waals surface area contributed by atoms with Crippen LogP contribution in [0.2, 0.25) is 0 Å². The number of carboxylic acids is 1. The summed E-state index contributed by atoms with van der Waals surface area (Å²) in [6.45, 7) is 10.0. The van der Waals surface area contributed by atoms with Crippen molar-refractivity contribution in [3.8, 4) is 11.3 Å². The second-order valence-electron chi connectivity index (χ2n) is 11.3.